The first kappa shape index (κ1) is 21.4. The predicted molar refractivity (Wildman–Crippen MR) is 104 cm³/mol. The molecule has 162 valence electrons. The van der Waals surface area contributed by atoms with Gasteiger partial charge in [0, 0.05) is 0 Å². The molecule has 30 heavy (non-hydrogen) atoms. The predicted octanol–water partition coefficient (Wildman–Crippen LogP) is 1.39. The Labute approximate surface area is 173 Å². The number of amides is 4. The van der Waals surface area contributed by atoms with E-state index in [4.69, 9.17) is 14.2 Å². The Bertz CT molecular complexity index is 862. The van der Waals surface area contributed by atoms with Gasteiger partial charge < -0.3 is 19.5 Å². The molecule has 2 aliphatic rings. The van der Waals surface area contributed by atoms with Gasteiger partial charge in [-0.3, -0.25) is 15.0 Å². The lowest BCUT2D eigenvalue weighted by molar-refractivity contribution is -0.141. The monoisotopic (exact) mass is 419 g/mol. The Morgan fingerprint density at radius 1 is 1.20 bits per heavy atom. The van der Waals surface area contributed by atoms with Crippen molar-refractivity contribution in [2.45, 2.75) is 38.1 Å². The highest BCUT2D eigenvalue weighted by Gasteiger charge is 2.52. The zero-order valence-corrected chi connectivity index (χ0v) is 17.1. The molecule has 2 N–H and O–H groups in total. The first-order valence-electron chi connectivity index (χ1n) is 9.65. The first-order valence-corrected chi connectivity index (χ1v) is 9.65. The summed E-state index contributed by atoms with van der Waals surface area (Å²) in [5, 5.41) is 3.36. The van der Waals surface area contributed by atoms with Gasteiger partial charge in [-0.15, -0.1) is 0 Å². The SMILES string of the molecule is COc1cccc(C(=O)OCC(=O)NN2C(=O)NC3(CCC(C)CC3)C2=O)c1OC. The number of methoxy groups -OCH3 is 2. The van der Waals surface area contributed by atoms with Crippen molar-refractivity contribution in [2.75, 3.05) is 20.8 Å². The fourth-order valence-electron chi connectivity index (χ4n) is 3.73. The largest absolute Gasteiger partial charge is 0.493 e. The second kappa shape index (κ2) is 8.60. The summed E-state index contributed by atoms with van der Waals surface area (Å²) in [5.74, 6) is -1.12. The molecule has 2 fully saturated rings. The van der Waals surface area contributed by atoms with E-state index in [0.717, 1.165) is 12.8 Å². The van der Waals surface area contributed by atoms with Gasteiger partial charge in [0.15, 0.2) is 18.1 Å². The van der Waals surface area contributed by atoms with Gasteiger partial charge >= 0.3 is 12.0 Å². The van der Waals surface area contributed by atoms with Crippen molar-refractivity contribution in [2.24, 2.45) is 5.92 Å². The number of imide groups is 1. The Morgan fingerprint density at radius 3 is 2.53 bits per heavy atom. The molecule has 1 saturated heterocycles. The molecule has 1 saturated carbocycles. The highest BCUT2D eigenvalue weighted by molar-refractivity contribution is 6.08. The van der Waals surface area contributed by atoms with E-state index in [1.807, 2.05) is 0 Å². The number of hydrogen-bond donors (Lipinski definition) is 2. The lowest BCUT2D eigenvalue weighted by atomic mass is 9.77. The van der Waals surface area contributed by atoms with Crippen LogP contribution in [0.15, 0.2) is 18.2 Å². The van der Waals surface area contributed by atoms with Crippen LogP contribution in [0.5, 0.6) is 11.5 Å². The van der Waals surface area contributed by atoms with E-state index in [1.165, 1.54) is 20.3 Å². The summed E-state index contributed by atoms with van der Waals surface area (Å²) < 4.78 is 15.3. The Hall–Kier alpha value is -3.30. The maximum Gasteiger partial charge on any atom is 0.344 e. The molecule has 3 rings (SSSR count). The van der Waals surface area contributed by atoms with Crippen LogP contribution in [-0.4, -0.2) is 55.2 Å². The van der Waals surface area contributed by atoms with Crippen molar-refractivity contribution in [1.82, 2.24) is 15.8 Å². The molecule has 0 unspecified atom stereocenters. The van der Waals surface area contributed by atoms with Gasteiger partial charge in [0.1, 0.15) is 11.1 Å². The molecule has 0 bridgehead atoms. The van der Waals surface area contributed by atoms with E-state index < -0.39 is 36.0 Å². The average Bonchev–Trinajstić information content (AvgIpc) is 2.97. The van der Waals surface area contributed by atoms with E-state index in [2.05, 4.69) is 17.7 Å². The first-order chi connectivity index (χ1) is 14.3. The summed E-state index contributed by atoms with van der Waals surface area (Å²) in [6, 6.07) is 3.97. The summed E-state index contributed by atoms with van der Waals surface area (Å²) in [4.78, 5) is 49.5. The van der Waals surface area contributed by atoms with E-state index in [1.54, 1.807) is 12.1 Å². The number of ether oxygens (including phenoxy) is 3. The van der Waals surface area contributed by atoms with Gasteiger partial charge in [-0.2, -0.15) is 5.01 Å². The number of rotatable bonds is 6. The third-order valence-electron chi connectivity index (χ3n) is 5.48. The molecule has 0 aromatic heterocycles. The fraction of sp³-hybridized carbons (Fsp3) is 0.500. The number of urea groups is 1. The van der Waals surface area contributed by atoms with Crippen LogP contribution in [0.3, 0.4) is 0 Å². The number of benzene rings is 1. The molecule has 0 atom stereocenters. The number of hydrogen-bond acceptors (Lipinski definition) is 7. The molecule has 1 aromatic carbocycles. The molecule has 1 spiro atoms. The van der Waals surface area contributed by atoms with Crippen LogP contribution >= 0.6 is 0 Å². The normalized spacial score (nSPS) is 23.2. The average molecular weight is 419 g/mol. The molecule has 1 aromatic rings. The van der Waals surface area contributed by atoms with Gasteiger partial charge in [-0.25, -0.2) is 9.59 Å². The van der Waals surface area contributed by atoms with Gasteiger partial charge in [0.05, 0.1) is 14.2 Å². The van der Waals surface area contributed by atoms with Crippen molar-refractivity contribution >= 4 is 23.8 Å². The van der Waals surface area contributed by atoms with Crippen molar-refractivity contribution in [3.63, 3.8) is 0 Å². The minimum atomic E-state index is -0.971. The molecule has 10 nitrogen and oxygen atoms in total. The Kier molecular flexibility index (Phi) is 6.14. The molecule has 4 amide bonds. The Balaban J connectivity index is 1.59. The van der Waals surface area contributed by atoms with E-state index >= 15 is 0 Å². The summed E-state index contributed by atoms with van der Waals surface area (Å²) in [7, 11) is 2.80. The molecule has 1 heterocycles. The third-order valence-corrected chi connectivity index (χ3v) is 5.48. The smallest absolute Gasteiger partial charge is 0.344 e. The van der Waals surface area contributed by atoms with Crippen molar-refractivity contribution in [3.05, 3.63) is 23.8 Å². The minimum Gasteiger partial charge on any atom is -0.493 e. The summed E-state index contributed by atoms with van der Waals surface area (Å²) in [6.45, 7) is 1.42. The van der Waals surface area contributed by atoms with Gasteiger partial charge in [-0.05, 0) is 43.7 Å². The van der Waals surface area contributed by atoms with Gasteiger partial charge in [0.2, 0.25) is 0 Å². The molecule has 10 heteroatoms. The number of esters is 1. The third kappa shape index (κ3) is 4.03. The van der Waals surface area contributed by atoms with Crippen LogP contribution in [0.1, 0.15) is 43.0 Å². The van der Waals surface area contributed by atoms with E-state index in [0.29, 0.717) is 29.5 Å². The van der Waals surface area contributed by atoms with Crippen LogP contribution in [0.4, 0.5) is 4.79 Å². The number of hydrazine groups is 1. The number of nitrogens with one attached hydrogen (secondary N) is 2. The summed E-state index contributed by atoms with van der Waals surface area (Å²) in [5.41, 5.74) is 1.33. The standard InChI is InChI=1S/C20H25N3O7/c1-12-7-9-20(10-8-12)18(26)23(19(27)21-20)22-15(24)11-30-17(25)13-5-4-6-14(28-2)16(13)29-3/h4-6,12H,7-11H2,1-3H3,(H,21,27)(H,22,24). The molecule has 1 aliphatic heterocycles. The van der Waals surface area contributed by atoms with E-state index in [-0.39, 0.29) is 11.3 Å². The molecule has 0 radical (unpaired) electrons. The number of carbonyl (C=O) groups is 4. The van der Waals surface area contributed by atoms with Crippen molar-refractivity contribution in [3.8, 4) is 11.5 Å². The second-order valence-corrected chi connectivity index (χ2v) is 7.49. The second-order valence-electron chi connectivity index (χ2n) is 7.49. The van der Waals surface area contributed by atoms with Crippen molar-refractivity contribution in [1.29, 1.82) is 0 Å². The van der Waals surface area contributed by atoms with Crippen LogP contribution in [0, 0.1) is 5.92 Å². The minimum absolute atomic E-state index is 0.0786. The lowest BCUT2D eigenvalue weighted by Crippen LogP contribution is -2.52. The number of nitrogens with zero attached hydrogens (tertiary/aromatic N) is 1. The van der Waals surface area contributed by atoms with Crippen molar-refractivity contribution < 1.29 is 33.4 Å². The van der Waals surface area contributed by atoms with Crippen LogP contribution < -0.4 is 20.2 Å². The molecule has 1 aliphatic carbocycles. The van der Waals surface area contributed by atoms with Crippen LogP contribution in [0.25, 0.3) is 0 Å². The highest BCUT2D eigenvalue weighted by atomic mass is 16.5. The van der Waals surface area contributed by atoms with Gasteiger partial charge in [-0.1, -0.05) is 13.0 Å². The lowest BCUT2D eigenvalue weighted by Gasteiger charge is -2.33. The maximum absolute atomic E-state index is 12.7. The fourth-order valence-corrected chi connectivity index (χ4v) is 3.73. The zero-order valence-electron chi connectivity index (χ0n) is 17.1. The quantitative estimate of drug-likeness (QED) is 0.528. The summed E-state index contributed by atoms with van der Waals surface area (Å²) in [6.07, 6.45) is 2.67. The van der Waals surface area contributed by atoms with E-state index in [9.17, 15) is 19.2 Å². The highest BCUT2D eigenvalue weighted by Crippen LogP contribution is 2.36. The van der Waals surface area contributed by atoms with Crippen LogP contribution in [0.2, 0.25) is 0 Å². The molecular formula is C20H25N3O7. The topological polar surface area (TPSA) is 123 Å². The zero-order chi connectivity index (χ0) is 21.9. The Morgan fingerprint density at radius 2 is 1.90 bits per heavy atom. The number of carbonyl (C=O) groups excluding carboxylic acids is 4. The van der Waals surface area contributed by atoms with Gasteiger partial charge in [0.25, 0.3) is 11.8 Å². The number of para-hydroxylation sites is 1. The van der Waals surface area contributed by atoms with Crippen LogP contribution in [-0.2, 0) is 14.3 Å². The molecular weight excluding hydrogens is 394 g/mol. The summed E-state index contributed by atoms with van der Waals surface area (Å²) >= 11 is 0. The maximum atomic E-state index is 12.7.